The van der Waals surface area contributed by atoms with Crippen LogP contribution in [0.25, 0.3) is 0 Å². The van der Waals surface area contributed by atoms with E-state index in [9.17, 15) is 4.79 Å². The topological polar surface area (TPSA) is 50.4 Å². The fraction of sp³-hybridized carbons (Fsp3) is 0.929. The average Bonchev–Trinajstić information content (AvgIpc) is 2.42. The lowest BCUT2D eigenvalue weighted by atomic mass is 9.96. The van der Waals surface area contributed by atoms with Crippen LogP contribution < -0.4 is 10.6 Å². The second kappa shape index (κ2) is 6.98. The van der Waals surface area contributed by atoms with Crippen LogP contribution in [0.5, 0.6) is 0 Å². The van der Waals surface area contributed by atoms with E-state index >= 15 is 0 Å². The molecule has 0 saturated carbocycles. The molecular weight excluding hydrogens is 228 g/mol. The summed E-state index contributed by atoms with van der Waals surface area (Å²) in [7, 11) is 0. The molecule has 18 heavy (non-hydrogen) atoms. The SMILES string of the molecule is CC(CC1CCCCNC1)NC(=O)OC(C)(C)C. The van der Waals surface area contributed by atoms with Crippen molar-refractivity contribution in [2.24, 2.45) is 5.92 Å². The van der Waals surface area contributed by atoms with Gasteiger partial charge in [-0.2, -0.15) is 0 Å². The zero-order chi connectivity index (χ0) is 13.6. The van der Waals surface area contributed by atoms with E-state index in [2.05, 4.69) is 17.6 Å². The Morgan fingerprint density at radius 3 is 2.83 bits per heavy atom. The quantitative estimate of drug-likeness (QED) is 0.816. The lowest BCUT2D eigenvalue weighted by molar-refractivity contribution is 0.0502. The zero-order valence-corrected chi connectivity index (χ0v) is 12.2. The molecule has 1 saturated heterocycles. The van der Waals surface area contributed by atoms with Crippen molar-refractivity contribution in [1.82, 2.24) is 10.6 Å². The molecule has 1 aliphatic heterocycles. The van der Waals surface area contributed by atoms with Gasteiger partial charge in [0.05, 0.1) is 0 Å². The summed E-state index contributed by atoms with van der Waals surface area (Å²) >= 11 is 0. The Bertz CT molecular complexity index is 253. The molecule has 0 aliphatic carbocycles. The zero-order valence-electron chi connectivity index (χ0n) is 12.2. The average molecular weight is 256 g/mol. The lowest BCUT2D eigenvalue weighted by Crippen LogP contribution is -2.39. The molecule has 1 fully saturated rings. The predicted molar refractivity (Wildman–Crippen MR) is 73.7 cm³/mol. The number of hydrogen-bond donors (Lipinski definition) is 2. The molecule has 0 spiro atoms. The van der Waals surface area contributed by atoms with Gasteiger partial charge in [-0.05, 0) is 66.0 Å². The van der Waals surface area contributed by atoms with Gasteiger partial charge < -0.3 is 15.4 Å². The third-order valence-electron chi connectivity index (χ3n) is 3.10. The summed E-state index contributed by atoms with van der Waals surface area (Å²) in [6.45, 7) is 9.89. The van der Waals surface area contributed by atoms with Crippen LogP contribution >= 0.6 is 0 Å². The largest absolute Gasteiger partial charge is 0.444 e. The number of alkyl carbamates (subject to hydrolysis) is 1. The minimum Gasteiger partial charge on any atom is -0.444 e. The van der Waals surface area contributed by atoms with Crippen molar-refractivity contribution in [2.75, 3.05) is 13.1 Å². The van der Waals surface area contributed by atoms with Gasteiger partial charge in [0.1, 0.15) is 5.60 Å². The van der Waals surface area contributed by atoms with Gasteiger partial charge in [0, 0.05) is 6.04 Å². The van der Waals surface area contributed by atoms with Crippen molar-refractivity contribution in [2.45, 2.75) is 65.0 Å². The van der Waals surface area contributed by atoms with Crippen LogP contribution in [0.4, 0.5) is 4.79 Å². The Balaban J connectivity index is 2.27. The molecule has 2 atom stereocenters. The molecule has 2 unspecified atom stereocenters. The Labute approximate surface area is 111 Å². The number of carbonyl (C=O) groups is 1. The smallest absolute Gasteiger partial charge is 0.407 e. The molecule has 0 aromatic rings. The van der Waals surface area contributed by atoms with E-state index < -0.39 is 5.60 Å². The normalized spacial score (nSPS) is 23.0. The highest BCUT2D eigenvalue weighted by Gasteiger charge is 2.20. The number of nitrogens with one attached hydrogen (secondary N) is 2. The van der Waals surface area contributed by atoms with Gasteiger partial charge in [0.2, 0.25) is 0 Å². The summed E-state index contributed by atoms with van der Waals surface area (Å²) in [5, 5.41) is 6.37. The number of ether oxygens (including phenoxy) is 1. The van der Waals surface area contributed by atoms with Crippen molar-refractivity contribution < 1.29 is 9.53 Å². The molecule has 1 rings (SSSR count). The molecular formula is C14H28N2O2. The maximum absolute atomic E-state index is 11.6. The fourth-order valence-electron chi connectivity index (χ4n) is 2.36. The first kappa shape index (κ1) is 15.3. The summed E-state index contributed by atoms with van der Waals surface area (Å²) in [6, 6.07) is 0.171. The van der Waals surface area contributed by atoms with Gasteiger partial charge in [0.15, 0.2) is 0 Å². The van der Waals surface area contributed by atoms with Crippen LogP contribution in [-0.4, -0.2) is 30.8 Å². The fourth-order valence-corrected chi connectivity index (χ4v) is 2.36. The minimum absolute atomic E-state index is 0.171. The molecule has 0 aromatic heterocycles. The Hall–Kier alpha value is -0.770. The van der Waals surface area contributed by atoms with E-state index in [4.69, 9.17) is 4.74 Å². The van der Waals surface area contributed by atoms with Crippen molar-refractivity contribution >= 4 is 6.09 Å². The first-order valence-electron chi connectivity index (χ1n) is 7.07. The van der Waals surface area contributed by atoms with E-state index in [-0.39, 0.29) is 12.1 Å². The van der Waals surface area contributed by atoms with Crippen LogP contribution in [0.2, 0.25) is 0 Å². The molecule has 1 amide bonds. The monoisotopic (exact) mass is 256 g/mol. The third-order valence-corrected chi connectivity index (χ3v) is 3.10. The van der Waals surface area contributed by atoms with Crippen molar-refractivity contribution in [3.63, 3.8) is 0 Å². The molecule has 1 aliphatic rings. The first-order valence-corrected chi connectivity index (χ1v) is 7.07. The van der Waals surface area contributed by atoms with Crippen LogP contribution in [0.3, 0.4) is 0 Å². The lowest BCUT2D eigenvalue weighted by Gasteiger charge is -2.24. The summed E-state index contributed by atoms with van der Waals surface area (Å²) in [5.74, 6) is 0.664. The van der Waals surface area contributed by atoms with E-state index in [1.165, 1.54) is 19.3 Å². The van der Waals surface area contributed by atoms with E-state index in [1.54, 1.807) is 0 Å². The van der Waals surface area contributed by atoms with Gasteiger partial charge in [0.25, 0.3) is 0 Å². The highest BCUT2D eigenvalue weighted by molar-refractivity contribution is 5.67. The number of carbonyl (C=O) groups excluding carboxylic acids is 1. The maximum atomic E-state index is 11.6. The summed E-state index contributed by atoms with van der Waals surface area (Å²) in [5.41, 5.74) is -0.423. The van der Waals surface area contributed by atoms with Gasteiger partial charge >= 0.3 is 6.09 Å². The number of rotatable bonds is 3. The van der Waals surface area contributed by atoms with Gasteiger partial charge in [-0.25, -0.2) is 4.79 Å². The van der Waals surface area contributed by atoms with Gasteiger partial charge in [-0.1, -0.05) is 6.42 Å². The van der Waals surface area contributed by atoms with E-state index in [0.717, 1.165) is 19.5 Å². The molecule has 1 heterocycles. The minimum atomic E-state index is -0.423. The standard InChI is InChI=1S/C14H28N2O2/c1-11(16-13(17)18-14(2,3)4)9-12-7-5-6-8-15-10-12/h11-12,15H,5-10H2,1-4H3,(H,16,17). The van der Waals surface area contributed by atoms with Crippen LogP contribution in [0.15, 0.2) is 0 Å². The highest BCUT2D eigenvalue weighted by atomic mass is 16.6. The van der Waals surface area contributed by atoms with Crippen molar-refractivity contribution in [3.05, 3.63) is 0 Å². The third kappa shape index (κ3) is 6.84. The molecule has 0 bridgehead atoms. The molecule has 0 radical (unpaired) electrons. The first-order chi connectivity index (χ1) is 8.37. The molecule has 106 valence electrons. The van der Waals surface area contributed by atoms with Crippen LogP contribution in [0.1, 0.15) is 53.4 Å². The van der Waals surface area contributed by atoms with E-state index in [1.807, 2.05) is 20.8 Å². The second-order valence-corrected chi connectivity index (χ2v) is 6.35. The van der Waals surface area contributed by atoms with Crippen molar-refractivity contribution in [3.8, 4) is 0 Å². The maximum Gasteiger partial charge on any atom is 0.407 e. The molecule has 2 N–H and O–H groups in total. The van der Waals surface area contributed by atoms with Crippen LogP contribution in [0, 0.1) is 5.92 Å². The number of hydrogen-bond acceptors (Lipinski definition) is 3. The van der Waals surface area contributed by atoms with Gasteiger partial charge in [-0.15, -0.1) is 0 Å². The summed E-state index contributed by atoms with van der Waals surface area (Å²) in [4.78, 5) is 11.6. The number of amides is 1. The molecule has 4 heteroatoms. The highest BCUT2D eigenvalue weighted by Crippen LogP contribution is 2.17. The molecule has 4 nitrogen and oxygen atoms in total. The summed E-state index contributed by atoms with van der Waals surface area (Å²) < 4.78 is 5.26. The van der Waals surface area contributed by atoms with Crippen molar-refractivity contribution in [1.29, 1.82) is 0 Å². The van der Waals surface area contributed by atoms with Gasteiger partial charge in [-0.3, -0.25) is 0 Å². The van der Waals surface area contributed by atoms with E-state index in [0.29, 0.717) is 5.92 Å². The summed E-state index contributed by atoms with van der Waals surface area (Å²) in [6.07, 6.45) is 4.53. The second-order valence-electron chi connectivity index (χ2n) is 6.35. The molecule has 0 aromatic carbocycles. The van der Waals surface area contributed by atoms with Crippen LogP contribution in [-0.2, 0) is 4.74 Å². The predicted octanol–water partition coefficient (Wildman–Crippen LogP) is 2.68. The Morgan fingerprint density at radius 2 is 2.17 bits per heavy atom. The Morgan fingerprint density at radius 1 is 1.44 bits per heavy atom. The Kier molecular flexibility index (Phi) is 5.93.